The van der Waals surface area contributed by atoms with Gasteiger partial charge in [-0.05, 0) is 49.4 Å². The number of nitrogens with zero attached hydrogens (tertiary/aromatic N) is 2. The number of allylic oxidation sites excluding steroid dienone is 1. The van der Waals surface area contributed by atoms with Crippen LogP contribution >= 0.6 is 0 Å². The number of hydrogen-bond acceptors (Lipinski definition) is 4. The molecule has 0 radical (unpaired) electrons. The number of imidazole rings is 1. The van der Waals surface area contributed by atoms with Gasteiger partial charge in [-0.15, -0.1) is 0 Å². The molecule has 0 saturated heterocycles. The number of aromatic nitrogens is 2. The topological polar surface area (TPSA) is 57.3 Å². The van der Waals surface area contributed by atoms with Crippen molar-refractivity contribution in [1.29, 1.82) is 0 Å². The smallest absolute Gasteiger partial charge is 0.305 e. The molecule has 174 valence electrons. The number of carbonyl (C=O) groups excluding carboxylic acids is 1. The number of esters is 1. The third-order valence-electron chi connectivity index (χ3n) is 5.91. The van der Waals surface area contributed by atoms with Gasteiger partial charge in [-0.2, -0.15) is 0 Å². The van der Waals surface area contributed by atoms with E-state index in [1.807, 2.05) is 18.3 Å². The molecule has 0 atom stereocenters. The zero-order chi connectivity index (χ0) is 23.8. The number of benzene rings is 2. The van der Waals surface area contributed by atoms with E-state index in [-0.39, 0.29) is 5.97 Å². The molecule has 4 aromatic rings. The fourth-order valence-electron chi connectivity index (χ4n) is 3.97. The average Bonchev–Trinajstić information content (AvgIpc) is 3.53. The van der Waals surface area contributed by atoms with Crippen molar-refractivity contribution in [3.8, 4) is 22.7 Å². The summed E-state index contributed by atoms with van der Waals surface area (Å²) < 4.78 is 12.5. The number of aryl methyl sites for hydroxylation is 1. The predicted octanol–water partition coefficient (Wildman–Crippen LogP) is 6.91. The summed E-state index contributed by atoms with van der Waals surface area (Å²) >= 11 is 0. The lowest BCUT2D eigenvalue weighted by Gasteiger charge is -2.13. The Kier molecular flexibility index (Phi) is 7.76. The molecule has 2 heterocycles. The predicted molar refractivity (Wildman–Crippen MR) is 135 cm³/mol. The van der Waals surface area contributed by atoms with Crippen LogP contribution < -0.4 is 0 Å². The molecule has 4 rings (SSSR count). The van der Waals surface area contributed by atoms with Gasteiger partial charge in [0.05, 0.1) is 13.4 Å². The van der Waals surface area contributed by atoms with Gasteiger partial charge in [0, 0.05) is 36.0 Å². The Morgan fingerprint density at radius 1 is 1.03 bits per heavy atom. The van der Waals surface area contributed by atoms with E-state index < -0.39 is 0 Å². The van der Waals surface area contributed by atoms with Crippen molar-refractivity contribution < 1.29 is 13.9 Å². The van der Waals surface area contributed by atoms with Gasteiger partial charge in [0.25, 0.3) is 0 Å². The maximum Gasteiger partial charge on any atom is 0.305 e. The number of carbonyl (C=O) groups is 1. The second kappa shape index (κ2) is 11.3. The highest BCUT2D eigenvalue weighted by Crippen LogP contribution is 2.26. The first-order valence-corrected chi connectivity index (χ1v) is 11.6. The summed E-state index contributed by atoms with van der Waals surface area (Å²) in [5, 5.41) is 0. The number of methoxy groups -OCH3 is 1. The molecule has 5 nitrogen and oxygen atoms in total. The van der Waals surface area contributed by atoms with Gasteiger partial charge in [-0.3, -0.25) is 4.79 Å². The van der Waals surface area contributed by atoms with Crippen molar-refractivity contribution >= 4 is 12.0 Å². The molecule has 0 aliphatic rings. The van der Waals surface area contributed by atoms with Gasteiger partial charge in [-0.1, -0.05) is 60.7 Å². The van der Waals surface area contributed by atoms with Crippen molar-refractivity contribution in [2.24, 2.45) is 0 Å². The Hall–Kier alpha value is -3.86. The number of ether oxygens (including phenoxy) is 1. The molecule has 2 aromatic heterocycles. The molecule has 0 bridgehead atoms. The Balaban J connectivity index is 1.47. The molecule has 0 spiro atoms. The van der Waals surface area contributed by atoms with Gasteiger partial charge < -0.3 is 13.7 Å². The molecule has 5 heteroatoms. The third-order valence-corrected chi connectivity index (χ3v) is 5.91. The number of furan rings is 1. The molecule has 2 aromatic carbocycles. The molecule has 34 heavy (non-hydrogen) atoms. The maximum atomic E-state index is 11.2. The van der Waals surface area contributed by atoms with Crippen LogP contribution in [-0.2, 0) is 16.1 Å². The summed E-state index contributed by atoms with van der Waals surface area (Å²) in [6.45, 7) is 2.83. The molecule has 0 unspecified atom stereocenters. The summed E-state index contributed by atoms with van der Waals surface area (Å²) in [4.78, 5) is 15.9. The van der Waals surface area contributed by atoms with E-state index in [4.69, 9.17) is 14.1 Å². The highest BCUT2D eigenvalue weighted by Gasteiger charge is 2.12. The van der Waals surface area contributed by atoms with Crippen LogP contribution in [0, 0.1) is 6.92 Å². The van der Waals surface area contributed by atoms with Gasteiger partial charge >= 0.3 is 5.97 Å². The van der Waals surface area contributed by atoms with E-state index in [1.54, 1.807) is 6.26 Å². The number of rotatable bonds is 10. The van der Waals surface area contributed by atoms with E-state index in [0.29, 0.717) is 6.42 Å². The largest absolute Gasteiger partial charge is 0.469 e. The summed E-state index contributed by atoms with van der Waals surface area (Å²) in [6, 6.07) is 20.6. The van der Waals surface area contributed by atoms with Crippen LogP contribution in [0.3, 0.4) is 0 Å². The molecule has 0 fully saturated rings. The van der Waals surface area contributed by atoms with Crippen LogP contribution in [0.5, 0.6) is 0 Å². The number of hydrogen-bond donors (Lipinski definition) is 0. The van der Waals surface area contributed by atoms with Crippen molar-refractivity contribution in [2.45, 2.75) is 39.2 Å². The first-order valence-electron chi connectivity index (χ1n) is 11.6. The van der Waals surface area contributed by atoms with Crippen molar-refractivity contribution in [1.82, 2.24) is 9.55 Å². The number of unbranched alkanes of at least 4 members (excludes halogenated alkanes) is 2. The lowest BCUT2D eigenvalue weighted by molar-refractivity contribution is -0.140. The Morgan fingerprint density at radius 2 is 1.82 bits per heavy atom. The molecular formula is C29H30N2O3. The minimum Gasteiger partial charge on any atom is -0.469 e. The Labute approximate surface area is 200 Å². The van der Waals surface area contributed by atoms with Gasteiger partial charge in [0.2, 0.25) is 0 Å². The quantitative estimate of drug-likeness (QED) is 0.193. The zero-order valence-electron chi connectivity index (χ0n) is 19.7. The van der Waals surface area contributed by atoms with Crippen LogP contribution in [-0.4, -0.2) is 22.6 Å². The monoisotopic (exact) mass is 454 g/mol. The lowest BCUT2D eigenvalue weighted by atomic mass is 10.1. The van der Waals surface area contributed by atoms with E-state index in [0.717, 1.165) is 54.2 Å². The minimum atomic E-state index is -0.142. The SMILES string of the molecule is COC(=O)CCCC/C=C/c1ccccc1Cn1c(C)cnc1-c1ccc(-c2ccco2)cc1. The maximum absolute atomic E-state index is 11.2. The summed E-state index contributed by atoms with van der Waals surface area (Å²) in [6.07, 6.45) is 11.2. The van der Waals surface area contributed by atoms with Crippen LogP contribution in [0.15, 0.2) is 83.6 Å². The first-order chi connectivity index (χ1) is 16.7. The van der Waals surface area contributed by atoms with Crippen molar-refractivity contribution in [3.63, 3.8) is 0 Å². The Bertz CT molecular complexity index is 1230. The summed E-state index contributed by atoms with van der Waals surface area (Å²) in [7, 11) is 1.43. The second-order valence-electron chi connectivity index (χ2n) is 8.29. The highest BCUT2D eigenvalue weighted by atomic mass is 16.5. The fourth-order valence-corrected chi connectivity index (χ4v) is 3.97. The molecule has 0 aliphatic carbocycles. The van der Waals surface area contributed by atoms with E-state index >= 15 is 0 Å². The van der Waals surface area contributed by atoms with Crippen LogP contribution in [0.2, 0.25) is 0 Å². The summed E-state index contributed by atoms with van der Waals surface area (Å²) in [5.74, 6) is 1.67. The van der Waals surface area contributed by atoms with Crippen molar-refractivity contribution in [3.05, 3.63) is 96.0 Å². The average molecular weight is 455 g/mol. The lowest BCUT2D eigenvalue weighted by Crippen LogP contribution is -2.05. The molecular weight excluding hydrogens is 424 g/mol. The molecule has 0 aliphatic heterocycles. The van der Waals surface area contributed by atoms with Crippen LogP contribution in [0.4, 0.5) is 0 Å². The Morgan fingerprint density at radius 3 is 2.59 bits per heavy atom. The molecule has 0 N–H and O–H groups in total. The fraction of sp³-hybridized carbons (Fsp3) is 0.241. The van der Waals surface area contributed by atoms with Gasteiger partial charge in [0.15, 0.2) is 0 Å². The third kappa shape index (κ3) is 5.73. The van der Waals surface area contributed by atoms with E-state index in [2.05, 4.69) is 72.2 Å². The van der Waals surface area contributed by atoms with Crippen LogP contribution in [0.25, 0.3) is 28.8 Å². The minimum absolute atomic E-state index is 0.142. The van der Waals surface area contributed by atoms with Gasteiger partial charge in [0.1, 0.15) is 11.6 Å². The first kappa shape index (κ1) is 23.3. The molecule has 0 amide bonds. The zero-order valence-corrected chi connectivity index (χ0v) is 19.7. The van der Waals surface area contributed by atoms with E-state index in [9.17, 15) is 4.79 Å². The van der Waals surface area contributed by atoms with Crippen LogP contribution in [0.1, 0.15) is 42.5 Å². The van der Waals surface area contributed by atoms with Crippen molar-refractivity contribution in [2.75, 3.05) is 7.11 Å². The molecule has 0 saturated carbocycles. The standard InChI is InChI=1S/C29H30N2O3/c1-22-20-30-29(25-17-15-24(16-18-25)27-13-9-19-34-27)31(22)21-26-12-8-7-11-23(26)10-5-3-4-6-14-28(32)33-2/h5,7-13,15-20H,3-4,6,14,21H2,1-2H3/b10-5+. The second-order valence-corrected chi connectivity index (χ2v) is 8.29. The summed E-state index contributed by atoms with van der Waals surface area (Å²) in [5.41, 5.74) is 5.67. The van der Waals surface area contributed by atoms with E-state index in [1.165, 1.54) is 18.2 Å². The highest BCUT2D eigenvalue weighted by molar-refractivity contribution is 5.69. The van der Waals surface area contributed by atoms with Gasteiger partial charge in [-0.25, -0.2) is 4.98 Å². The normalized spacial score (nSPS) is 11.2.